The second-order valence-corrected chi connectivity index (χ2v) is 33.1. The van der Waals surface area contributed by atoms with E-state index in [1.165, 1.54) is 0 Å². The van der Waals surface area contributed by atoms with Gasteiger partial charge in [0.25, 0.3) is 0 Å². The van der Waals surface area contributed by atoms with E-state index in [0.717, 1.165) is 25.7 Å². The van der Waals surface area contributed by atoms with E-state index in [1.807, 2.05) is 44.5 Å². The van der Waals surface area contributed by atoms with Crippen LogP contribution in [-0.4, -0.2) is 22.2 Å². The van der Waals surface area contributed by atoms with Crippen LogP contribution in [0.5, 0.6) is 0 Å². The fourth-order valence-electron chi connectivity index (χ4n) is 30.6. The van der Waals surface area contributed by atoms with Crippen molar-refractivity contribution in [3.63, 3.8) is 0 Å². The molecule has 2 fully saturated rings. The van der Waals surface area contributed by atoms with Gasteiger partial charge in [0.1, 0.15) is 0 Å². The normalized spacial score (nSPS) is 29.8. The van der Waals surface area contributed by atoms with Crippen LogP contribution < -0.4 is 10.6 Å². The third-order valence-electron chi connectivity index (χ3n) is 29.1. The largest absolute Gasteiger partial charge is 0.307 e. The summed E-state index contributed by atoms with van der Waals surface area (Å²) in [5.41, 5.74) is 16.7. The molecule has 10 aliphatic rings. The molecule has 0 radical (unpaired) electrons. The van der Waals surface area contributed by atoms with Crippen LogP contribution in [0.2, 0.25) is 0 Å². The fourth-order valence-corrected chi connectivity index (χ4v) is 30.6. The summed E-state index contributed by atoms with van der Waals surface area (Å²) in [4.78, 5) is 0. The van der Waals surface area contributed by atoms with E-state index in [0.29, 0.717) is 0 Å². The van der Waals surface area contributed by atoms with Gasteiger partial charge in [-0.3, -0.25) is 0 Å². The minimum absolute atomic E-state index is 0.130. The van der Waals surface area contributed by atoms with E-state index >= 15 is 0 Å². The molecule has 34 rings (SSSR count). The average Bonchev–Trinajstić information content (AvgIpc) is 1.39. The van der Waals surface area contributed by atoms with Crippen molar-refractivity contribution in [1.29, 1.82) is 0 Å². The lowest BCUT2D eigenvalue weighted by Crippen LogP contribution is -2.54. The standard InChI is InChI=1S/C76H34N2/c1-69(2)9-73-61-47-37-26-17-13-14-16-21-15(13)22-19-24(17)32(37)43-35-28(19)39-30(22)41-34(21)42-31-23(16)20-25-18(14)27(26)38-33(25)44-36-29(20)40(31)52-56-46(36)58(54(44)62(73)48(38)47)68-60-59-65-55(45(35)57(53(43)61)67(59)76(68,73)12-72(7,8)77-69)51(39)63-49(41)50(42)64(52)75(66(56)60)11-71(5,6)78-70(3,4)10-74(63,65)75/h77-78H,9-12H2,1-8H3. The molecule has 0 amide bonds. The summed E-state index contributed by atoms with van der Waals surface area (Å²) < 4.78 is 0. The van der Waals surface area contributed by atoms with Gasteiger partial charge >= 0.3 is 0 Å². The van der Waals surface area contributed by atoms with Gasteiger partial charge in [0, 0.05) is 43.8 Å². The monoisotopic (exact) mass is 974 g/mol. The van der Waals surface area contributed by atoms with E-state index in [1.54, 1.807) is 259 Å². The van der Waals surface area contributed by atoms with Gasteiger partial charge in [0.05, 0.1) is 0 Å². The van der Waals surface area contributed by atoms with Gasteiger partial charge in [-0.1, -0.05) is 0 Å². The highest BCUT2D eigenvalue weighted by molar-refractivity contribution is 6.79. The molecule has 2 N–H and O–H groups in total. The Balaban J connectivity index is 1.13. The number of benzene rings is 16. The van der Waals surface area contributed by atoms with Crippen LogP contribution in [0.1, 0.15) is 126 Å². The summed E-state index contributed by atoms with van der Waals surface area (Å²) in [6, 6.07) is 0. The van der Waals surface area contributed by atoms with E-state index < -0.39 is 0 Å². The predicted molar refractivity (Wildman–Crippen MR) is 327 cm³/mol. The smallest absolute Gasteiger partial charge is 0.0384 e. The van der Waals surface area contributed by atoms with E-state index in [2.05, 4.69) is 66.0 Å². The number of hydrogen-bond donors (Lipinski definition) is 2. The third-order valence-corrected chi connectivity index (χ3v) is 29.1. The molecular weight excluding hydrogens is 941 g/mol. The molecule has 2 unspecified atom stereocenters. The summed E-state index contributed by atoms with van der Waals surface area (Å²) in [6.07, 6.45) is 4.47. The Labute approximate surface area is 436 Å². The van der Waals surface area contributed by atoms with Gasteiger partial charge in [-0.25, -0.2) is 0 Å². The maximum Gasteiger partial charge on any atom is 0.0384 e. The van der Waals surface area contributed by atoms with Crippen molar-refractivity contribution in [2.45, 2.75) is 125 Å². The summed E-state index contributed by atoms with van der Waals surface area (Å²) in [5, 5.41) is 87.9. The summed E-state index contributed by atoms with van der Waals surface area (Å²) in [5.74, 6) is 0. The zero-order chi connectivity index (χ0) is 48.6. The number of hydrogen-bond acceptors (Lipinski definition) is 2. The van der Waals surface area contributed by atoms with Crippen molar-refractivity contribution in [2.24, 2.45) is 0 Å². The van der Waals surface area contributed by atoms with Crippen molar-refractivity contribution in [1.82, 2.24) is 10.6 Å². The van der Waals surface area contributed by atoms with Crippen molar-refractivity contribution in [3.8, 4) is 11.1 Å². The number of rotatable bonds is 0. The quantitative estimate of drug-likeness (QED) is 0.148. The average molecular weight is 975 g/mol. The second kappa shape index (κ2) is 7.12. The van der Waals surface area contributed by atoms with Crippen LogP contribution in [0.15, 0.2) is 0 Å². The van der Waals surface area contributed by atoms with Crippen molar-refractivity contribution in [3.05, 3.63) is 44.5 Å². The molecule has 0 saturated carbocycles. The van der Waals surface area contributed by atoms with Crippen LogP contribution in [-0.2, 0) is 21.7 Å². The first-order chi connectivity index (χ1) is 37.7. The molecule has 0 bridgehead atoms. The van der Waals surface area contributed by atoms with Crippen molar-refractivity contribution < 1.29 is 0 Å². The maximum absolute atomic E-state index is 4.63. The van der Waals surface area contributed by atoms with E-state index in [-0.39, 0.29) is 43.8 Å². The Kier molecular flexibility index (Phi) is 2.97. The molecule has 2 atom stereocenters. The molecule has 24 aromatic rings. The number of nitrogens with one attached hydrogen (secondary N) is 2. The van der Waals surface area contributed by atoms with Crippen LogP contribution >= 0.6 is 0 Å². The zero-order valence-corrected chi connectivity index (χ0v) is 43.8. The van der Waals surface area contributed by atoms with Crippen LogP contribution in [0.3, 0.4) is 0 Å². The highest BCUT2D eigenvalue weighted by Gasteiger charge is 2.79. The minimum atomic E-state index is -0.253. The molecule has 0 aromatic heterocycles. The summed E-state index contributed by atoms with van der Waals surface area (Å²) in [6.45, 7) is 21.3. The van der Waals surface area contributed by atoms with Crippen LogP contribution in [0, 0.1) is 0 Å². The lowest BCUT2D eigenvalue weighted by molar-refractivity contribution is 0.259. The topological polar surface area (TPSA) is 24.1 Å². The van der Waals surface area contributed by atoms with Gasteiger partial charge in [0.2, 0.25) is 0 Å². The predicted octanol–water partition coefficient (Wildman–Crippen LogP) is 18.7. The lowest BCUT2D eigenvalue weighted by Gasteiger charge is -2.56. The van der Waals surface area contributed by atoms with E-state index in [9.17, 15) is 0 Å². The van der Waals surface area contributed by atoms with E-state index in [4.69, 9.17) is 0 Å². The highest BCUT2D eigenvalue weighted by Crippen LogP contribution is 2.90. The summed E-state index contributed by atoms with van der Waals surface area (Å²) >= 11 is 0. The minimum Gasteiger partial charge on any atom is -0.307 e. The molecule has 24 aromatic carbocycles. The molecule has 348 valence electrons. The van der Waals surface area contributed by atoms with Gasteiger partial charge in [-0.2, -0.15) is 0 Å². The SMILES string of the molecule is CC1(C)CC23c4c5c6c7c8c9c%10c%11c%12c%13c%14c(c-5c2c2c5c%15c%16c%17c(c%18c4c7c4c%18c7c%17c%17c%18c%16c%16c5c(c2%14)c2c%13c5c%11c%11c%10c%10c8c4c4c7c%17c7c(c%104)c%11c4c5c2c%16c%18c47)C%153CC(C)(C)N1)C%121CC(C)(C)NC(C)(C)CC691. The zero-order valence-electron chi connectivity index (χ0n) is 43.8. The molecule has 2 nitrogen and oxygen atoms in total. The molecule has 2 saturated heterocycles. The molecule has 2 heterocycles. The molecule has 4 spiro atoms. The first-order valence-electron chi connectivity index (χ1n) is 30.3. The maximum atomic E-state index is 4.63. The van der Waals surface area contributed by atoms with Crippen molar-refractivity contribution in [2.75, 3.05) is 0 Å². The van der Waals surface area contributed by atoms with Gasteiger partial charge in [-0.05, 0) is 384 Å². The first-order valence-corrected chi connectivity index (χ1v) is 30.3. The Hall–Kier alpha value is -7.36. The molecule has 78 heavy (non-hydrogen) atoms. The van der Waals surface area contributed by atoms with Crippen LogP contribution in [0.25, 0.3) is 259 Å². The highest BCUT2D eigenvalue weighted by atomic mass is 15.1. The Morgan fingerprint density at radius 2 is 0.282 bits per heavy atom. The molecular formula is C76H34N2. The second-order valence-electron chi connectivity index (χ2n) is 33.1. The molecule has 2 heteroatoms. The lowest BCUT2D eigenvalue weighted by atomic mass is 9.44. The Morgan fingerprint density at radius 1 is 0.167 bits per heavy atom. The third kappa shape index (κ3) is 1.83. The fraction of sp³-hybridized carbons (Fsp3) is 0.263. The van der Waals surface area contributed by atoms with Gasteiger partial charge in [0.15, 0.2) is 0 Å². The summed E-state index contributed by atoms with van der Waals surface area (Å²) in [7, 11) is 0. The molecule has 8 aliphatic carbocycles. The Bertz CT molecular complexity index is 7080. The van der Waals surface area contributed by atoms with Gasteiger partial charge < -0.3 is 10.6 Å². The van der Waals surface area contributed by atoms with Crippen molar-refractivity contribution >= 4 is 248 Å². The van der Waals surface area contributed by atoms with Gasteiger partial charge in [-0.15, -0.1) is 0 Å². The van der Waals surface area contributed by atoms with Crippen LogP contribution in [0.4, 0.5) is 0 Å². The Morgan fingerprint density at radius 3 is 0.462 bits per heavy atom. The molecule has 2 aliphatic heterocycles. The first kappa shape index (κ1) is 32.5.